The summed E-state index contributed by atoms with van der Waals surface area (Å²) in [6.07, 6.45) is 3.79. The van der Waals surface area contributed by atoms with Gasteiger partial charge in [-0.15, -0.1) is 23.2 Å². The Morgan fingerprint density at radius 1 is 1.04 bits per heavy atom. The number of alkyl halides is 2. The van der Waals surface area contributed by atoms with Crippen LogP contribution in [0.2, 0.25) is 5.02 Å². The summed E-state index contributed by atoms with van der Waals surface area (Å²) < 4.78 is 1.98. The highest BCUT2D eigenvalue weighted by Gasteiger charge is 2.12. The molecule has 0 aliphatic heterocycles. The molecular weight excluding hydrogens is 393 g/mol. The summed E-state index contributed by atoms with van der Waals surface area (Å²) in [4.78, 5) is 14.5. The van der Waals surface area contributed by atoms with E-state index in [1.165, 1.54) is 0 Å². The first-order chi connectivity index (χ1) is 12.6. The van der Waals surface area contributed by atoms with Gasteiger partial charge in [-0.25, -0.2) is 0 Å². The molecule has 0 saturated carbocycles. The van der Waals surface area contributed by atoms with Crippen molar-refractivity contribution >= 4 is 40.7 Å². The van der Waals surface area contributed by atoms with Gasteiger partial charge in [0.1, 0.15) is 5.56 Å². The lowest BCUT2D eigenvalue weighted by atomic mass is 10.2. The van der Waals surface area contributed by atoms with Gasteiger partial charge < -0.3 is 5.32 Å². The Morgan fingerprint density at radius 3 is 2.38 bits per heavy atom. The highest BCUT2D eigenvalue weighted by atomic mass is 35.5. The summed E-state index contributed by atoms with van der Waals surface area (Å²) in [5.41, 5.74) is 1.75. The lowest BCUT2D eigenvalue weighted by Crippen LogP contribution is -2.38. The number of hydrogen-bond acceptors (Lipinski definition) is 2. The van der Waals surface area contributed by atoms with Crippen LogP contribution in [0.15, 0.2) is 48.8 Å². The molecule has 1 aromatic heterocycles. The number of aromatic nitrogens is 1. The molecule has 2 aromatic rings. The standard InChI is InChI=1S/C19H22Cl3N3O/c20-7-11-24(12-8-21)13-9-23-19(26)17-2-1-10-25(15-17)14-16-3-5-18(22)6-4-16/h1-6,10,15H,7-9,11-14H2/p+1. The Hall–Kier alpha value is -1.33. The lowest BCUT2D eigenvalue weighted by molar-refractivity contribution is -0.688. The van der Waals surface area contributed by atoms with E-state index < -0.39 is 0 Å². The van der Waals surface area contributed by atoms with E-state index in [0.29, 0.717) is 35.4 Å². The summed E-state index contributed by atoms with van der Waals surface area (Å²) in [5, 5.41) is 3.66. The molecule has 0 aliphatic rings. The first-order valence-electron chi connectivity index (χ1n) is 8.48. The van der Waals surface area contributed by atoms with Crippen LogP contribution in [0.1, 0.15) is 15.9 Å². The van der Waals surface area contributed by atoms with Gasteiger partial charge in [-0.2, -0.15) is 4.57 Å². The zero-order chi connectivity index (χ0) is 18.8. The van der Waals surface area contributed by atoms with Crippen molar-refractivity contribution in [2.45, 2.75) is 6.54 Å². The fourth-order valence-corrected chi connectivity index (χ4v) is 3.16. The maximum atomic E-state index is 12.4. The third kappa shape index (κ3) is 7.12. The van der Waals surface area contributed by atoms with Crippen molar-refractivity contribution in [1.29, 1.82) is 0 Å². The van der Waals surface area contributed by atoms with E-state index >= 15 is 0 Å². The van der Waals surface area contributed by atoms with Gasteiger partial charge in [0.15, 0.2) is 18.9 Å². The Labute approximate surface area is 169 Å². The van der Waals surface area contributed by atoms with E-state index in [2.05, 4.69) is 10.2 Å². The van der Waals surface area contributed by atoms with Crippen molar-refractivity contribution in [2.75, 3.05) is 37.9 Å². The molecule has 0 aliphatic carbocycles. The Balaban J connectivity index is 1.89. The Kier molecular flexibility index (Phi) is 9.19. The number of nitrogens with zero attached hydrogens (tertiary/aromatic N) is 2. The maximum absolute atomic E-state index is 12.4. The van der Waals surface area contributed by atoms with Crippen LogP contribution in [-0.4, -0.2) is 48.7 Å². The average Bonchev–Trinajstić information content (AvgIpc) is 2.64. The zero-order valence-corrected chi connectivity index (χ0v) is 16.8. The van der Waals surface area contributed by atoms with Crippen LogP contribution in [0.5, 0.6) is 0 Å². The van der Waals surface area contributed by atoms with Crippen LogP contribution in [0.25, 0.3) is 0 Å². The molecule has 0 fully saturated rings. The highest BCUT2D eigenvalue weighted by Crippen LogP contribution is 2.09. The topological polar surface area (TPSA) is 36.2 Å². The summed E-state index contributed by atoms with van der Waals surface area (Å²) >= 11 is 17.5. The number of rotatable bonds is 10. The predicted molar refractivity (Wildman–Crippen MR) is 107 cm³/mol. The minimum Gasteiger partial charge on any atom is -0.351 e. The maximum Gasteiger partial charge on any atom is 0.257 e. The molecule has 0 saturated heterocycles. The van der Waals surface area contributed by atoms with E-state index in [0.717, 1.165) is 25.2 Å². The van der Waals surface area contributed by atoms with Gasteiger partial charge in [-0.05, 0) is 18.2 Å². The van der Waals surface area contributed by atoms with Gasteiger partial charge in [0.25, 0.3) is 5.91 Å². The zero-order valence-electron chi connectivity index (χ0n) is 14.5. The number of benzene rings is 1. The number of nitrogens with one attached hydrogen (secondary N) is 1. The number of carbonyl (C=O) groups excluding carboxylic acids is 1. The third-order valence-electron chi connectivity index (χ3n) is 3.91. The quantitative estimate of drug-likeness (QED) is 0.478. The van der Waals surface area contributed by atoms with Crippen LogP contribution in [-0.2, 0) is 6.54 Å². The fourth-order valence-electron chi connectivity index (χ4n) is 2.56. The summed E-state index contributed by atoms with van der Waals surface area (Å²) in [7, 11) is 0. The van der Waals surface area contributed by atoms with Crippen LogP contribution in [0, 0.1) is 0 Å². The molecule has 140 valence electrons. The van der Waals surface area contributed by atoms with Gasteiger partial charge in [0, 0.05) is 54.6 Å². The molecular formula is C19H23Cl3N3O+. The Bertz CT molecular complexity index is 689. The van der Waals surface area contributed by atoms with E-state index in [-0.39, 0.29) is 5.91 Å². The normalized spacial score (nSPS) is 10.9. The highest BCUT2D eigenvalue weighted by molar-refractivity contribution is 6.30. The van der Waals surface area contributed by atoms with Crippen LogP contribution in [0.4, 0.5) is 0 Å². The molecule has 7 heteroatoms. The van der Waals surface area contributed by atoms with Crippen LogP contribution in [0.3, 0.4) is 0 Å². The van der Waals surface area contributed by atoms with E-state index in [1.54, 1.807) is 0 Å². The van der Waals surface area contributed by atoms with Gasteiger partial charge in [0.05, 0.1) is 0 Å². The SMILES string of the molecule is O=C(NCCN(CCCl)CCCl)c1ccc[n+](Cc2ccc(Cl)cc2)c1. The van der Waals surface area contributed by atoms with E-state index in [4.69, 9.17) is 34.8 Å². The van der Waals surface area contributed by atoms with Gasteiger partial charge in [-0.3, -0.25) is 9.69 Å². The van der Waals surface area contributed by atoms with Crippen molar-refractivity contribution in [2.24, 2.45) is 0 Å². The molecule has 0 spiro atoms. The molecule has 2 rings (SSSR count). The summed E-state index contributed by atoms with van der Waals surface area (Å²) in [5.74, 6) is 1.01. The van der Waals surface area contributed by atoms with Gasteiger partial charge >= 0.3 is 0 Å². The van der Waals surface area contributed by atoms with Crippen molar-refractivity contribution < 1.29 is 9.36 Å². The predicted octanol–water partition coefficient (Wildman–Crippen LogP) is 3.19. The lowest BCUT2D eigenvalue weighted by Gasteiger charge is -2.19. The minimum absolute atomic E-state index is 0.0906. The molecule has 0 unspecified atom stereocenters. The van der Waals surface area contributed by atoms with Crippen LogP contribution >= 0.6 is 34.8 Å². The molecule has 1 heterocycles. The number of amides is 1. The molecule has 26 heavy (non-hydrogen) atoms. The number of halogens is 3. The van der Waals surface area contributed by atoms with Gasteiger partial charge in [-0.1, -0.05) is 23.7 Å². The molecule has 0 radical (unpaired) electrons. The monoisotopic (exact) mass is 414 g/mol. The number of pyridine rings is 1. The summed E-state index contributed by atoms with van der Waals surface area (Å²) in [6, 6.07) is 11.4. The average molecular weight is 416 g/mol. The van der Waals surface area contributed by atoms with Crippen molar-refractivity contribution in [3.8, 4) is 0 Å². The van der Waals surface area contributed by atoms with Crippen molar-refractivity contribution in [3.63, 3.8) is 0 Å². The largest absolute Gasteiger partial charge is 0.351 e. The molecule has 0 bridgehead atoms. The smallest absolute Gasteiger partial charge is 0.257 e. The summed E-state index contributed by atoms with van der Waals surface area (Å²) in [6.45, 7) is 3.48. The third-order valence-corrected chi connectivity index (χ3v) is 4.50. The first kappa shape index (κ1) is 21.0. The van der Waals surface area contributed by atoms with Crippen molar-refractivity contribution in [3.05, 3.63) is 64.9 Å². The van der Waals surface area contributed by atoms with Gasteiger partial charge in [0.2, 0.25) is 0 Å². The first-order valence-corrected chi connectivity index (χ1v) is 9.93. The van der Waals surface area contributed by atoms with E-state index in [1.807, 2.05) is 53.4 Å². The van der Waals surface area contributed by atoms with Crippen LogP contribution < -0.4 is 9.88 Å². The van der Waals surface area contributed by atoms with Crippen molar-refractivity contribution in [1.82, 2.24) is 10.2 Å². The second-order valence-electron chi connectivity index (χ2n) is 5.87. The fraction of sp³-hybridized carbons (Fsp3) is 0.368. The molecule has 1 amide bonds. The second-order valence-corrected chi connectivity index (χ2v) is 7.06. The minimum atomic E-state index is -0.0906. The molecule has 4 nitrogen and oxygen atoms in total. The molecule has 1 N–H and O–H groups in total. The number of hydrogen-bond donors (Lipinski definition) is 1. The molecule has 1 aromatic carbocycles. The number of carbonyl (C=O) groups is 1. The Morgan fingerprint density at radius 2 is 1.73 bits per heavy atom. The second kappa shape index (κ2) is 11.4. The van der Waals surface area contributed by atoms with E-state index in [9.17, 15) is 4.79 Å². The molecule has 0 atom stereocenters.